The van der Waals surface area contributed by atoms with Gasteiger partial charge < -0.3 is 5.32 Å². The fourth-order valence-corrected chi connectivity index (χ4v) is 1.69. The summed E-state index contributed by atoms with van der Waals surface area (Å²) < 4.78 is 0. The van der Waals surface area contributed by atoms with Crippen molar-refractivity contribution in [2.45, 2.75) is 66.3 Å². The van der Waals surface area contributed by atoms with Crippen LogP contribution in [0.2, 0.25) is 0 Å². The SMILES string of the molecule is CCC(C)CC(C)CCNC(C)CC. The Bertz CT molecular complexity index is 122. The highest BCUT2D eigenvalue weighted by atomic mass is 14.9. The molecule has 0 rings (SSSR count). The molecule has 0 fully saturated rings. The Hall–Kier alpha value is -0.0400. The van der Waals surface area contributed by atoms with Gasteiger partial charge in [0.05, 0.1) is 0 Å². The van der Waals surface area contributed by atoms with Crippen LogP contribution in [0.4, 0.5) is 0 Å². The van der Waals surface area contributed by atoms with E-state index in [0.29, 0.717) is 6.04 Å². The zero-order valence-corrected chi connectivity index (χ0v) is 10.8. The summed E-state index contributed by atoms with van der Waals surface area (Å²) in [6.07, 6.45) is 5.27. The molecule has 14 heavy (non-hydrogen) atoms. The first-order valence-corrected chi connectivity index (χ1v) is 6.33. The first-order chi connectivity index (χ1) is 6.60. The van der Waals surface area contributed by atoms with Gasteiger partial charge in [0, 0.05) is 6.04 Å². The zero-order chi connectivity index (χ0) is 11.0. The molecule has 0 aliphatic heterocycles. The lowest BCUT2D eigenvalue weighted by atomic mass is 9.93. The van der Waals surface area contributed by atoms with E-state index >= 15 is 0 Å². The van der Waals surface area contributed by atoms with E-state index in [1.54, 1.807) is 0 Å². The van der Waals surface area contributed by atoms with E-state index in [9.17, 15) is 0 Å². The van der Waals surface area contributed by atoms with Crippen LogP contribution in [0, 0.1) is 11.8 Å². The van der Waals surface area contributed by atoms with Crippen molar-refractivity contribution in [1.82, 2.24) is 5.32 Å². The largest absolute Gasteiger partial charge is 0.314 e. The second-order valence-electron chi connectivity index (χ2n) is 4.91. The highest BCUT2D eigenvalue weighted by Crippen LogP contribution is 2.16. The Morgan fingerprint density at radius 1 is 0.929 bits per heavy atom. The molecule has 3 atom stereocenters. The lowest BCUT2D eigenvalue weighted by Crippen LogP contribution is -2.27. The third-order valence-electron chi connectivity index (χ3n) is 3.24. The van der Waals surface area contributed by atoms with Gasteiger partial charge in [-0.1, -0.05) is 34.1 Å². The molecule has 0 heterocycles. The molecule has 0 saturated heterocycles. The fraction of sp³-hybridized carbons (Fsp3) is 1.00. The van der Waals surface area contributed by atoms with Crippen LogP contribution in [0.15, 0.2) is 0 Å². The van der Waals surface area contributed by atoms with Gasteiger partial charge in [-0.05, 0) is 44.6 Å². The quantitative estimate of drug-likeness (QED) is 0.626. The number of nitrogens with one attached hydrogen (secondary N) is 1. The minimum absolute atomic E-state index is 0.686. The van der Waals surface area contributed by atoms with Crippen LogP contribution >= 0.6 is 0 Å². The van der Waals surface area contributed by atoms with Gasteiger partial charge in [0.1, 0.15) is 0 Å². The van der Waals surface area contributed by atoms with Gasteiger partial charge in [0.25, 0.3) is 0 Å². The van der Waals surface area contributed by atoms with Crippen molar-refractivity contribution in [1.29, 1.82) is 0 Å². The van der Waals surface area contributed by atoms with E-state index in [0.717, 1.165) is 11.8 Å². The summed E-state index contributed by atoms with van der Waals surface area (Å²) in [7, 11) is 0. The van der Waals surface area contributed by atoms with Crippen LogP contribution in [-0.2, 0) is 0 Å². The molecule has 1 nitrogen and oxygen atoms in total. The van der Waals surface area contributed by atoms with Gasteiger partial charge in [-0.2, -0.15) is 0 Å². The smallest absolute Gasteiger partial charge is 0.00361 e. The monoisotopic (exact) mass is 199 g/mol. The Morgan fingerprint density at radius 3 is 2.07 bits per heavy atom. The molecule has 1 N–H and O–H groups in total. The highest BCUT2D eigenvalue weighted by Gasteiger charge is 2.07. The van der Waals surface area contributed by atoms with Crippen LogP contribution < -0.4 is 5.32 Å². The summed E-state index contributed by atoms with van der Waals surface area (Å²) in [6, 6.07) is 0.686. The molecule has 0 aliphatic carbocycles. The van der Waals surface area contributed by atoms with Crippen molar-refractivity contribution in [3.8, 4) is 0 Å². The molecule has 0 bridgehead atoms. The molecule has 0 spiro atoms. The summed E-state index contributed by atoms with van der Waals surface area (Å²) in [4.78, 5) is 0. The van der Waals surface area contributed by atoms with Crippen molar-refractivity contribution >= 4 is 0 Å². The maximum Gasteiger partial charge on any atom is 0.00361 e. The van der Waals surface area contributed by atoms with E-state index in [-0.39, 0.29) is 0 Å². The summed E-state index contributed by atoms with van der Waals surface area (Å²) in [5.41, 5.74) is 0. The minimum atomic E-state index is 0.686. The van der Waals surface area contributed by atoms with Gasteiger partial charge in [0.2, 0.25) is 0 Å². The Morgan fingerprint density at radius 2 is 1.57 bits per heavy atom. The fourth-order valence-electron chi connectivity index (χ4n) is 1.69. The first-order valence-electron chi connectivity index (χ1n) is 6.33. The summed E-state index contributed by atoms with van der Waals surface area (Å²) in [5, 5.41) is 3.55. The van der Waals surface area contributed by atoms with E-state index in [4.69, 9.17) is 0 Å². The van der Waals surface area contributed by atoms with E-state index in [1.165, 1.54) is 32.2 Å². The third kappa shape index (κ3) is 7.37. The van der Waals surface area contributed by atoms with Crippen LogP contribution in [0.1, 0.15) is 60.3 Å². The molecule has 0 aromatic heterocycles. The van der Waals surface area contributed by atoms with Crippen LogP contribution in [-0.4, -0.2) is 12.6 Å². The second-order valence-corrected chi connectivity index (χ2v) is 4.91. The van der Waals surface area contributed by atoms with Crippen LogP contribution in [0.25, 0.3) is 0 Å². The molecule has 0 amide bonds. The van der Waals surface area contributed by atoms with E-state index < -0.39 is 0 Å². The normalized spacial score (nSPS) is 17.8. The van der Waals surface area contributed by atoms with Gasteiger partial charge in [-0.25, -0.2) is 0 Å². The van der Waals surface area contributed by atoms with Crippen LogP contribution in [0.3, 0.4) is 0 Å². The topological polar surface area (TPSA) is 12.0 Å². The molecule has 0 saturated carbocycles. The molecule has 0 radical (unpaired) electrons. The summed E-state index contributed by atoms with van der Waals surface area (Å²) in [5.74, 6) is 1.77. The first kappa shape index (κ1) is 14.0. The maximum atomic E-state index is 3.55. The third-order valence-corrected chi connectivity index (χ3v) is 3.24. The molecule has 86 valence electrons. The number of rotatable bonds is 8. The Balaban J connectivity index is 3.39. The molecule has 0 aliphatic rings. The summed E-state index contributed by atoms with van der Waals surface area (Å²) >= 11 is 0. The number of hydrogen-bond acceptors (Lipinski definition) is 1. The van der Waals surface area contributed by atoms with Crippen molar-refractivity contribution in [3.05, 3.63) is 0 Å². The highest BCUT2D eigenvalue weighted by molar-refractivity contribution is 4.62. The molecule has 0 aromatic carbocycles. The Labute approximate surface area is 90.7 Å². The molecule has 1 heteroatoms. The minimum Gasteiger partial charge on any atom is -0.314 e. The second kappa shape index (κ2) is 8.28. The molecular formula is C13H29N. The molecular weight excluding hydrogens is 170 g/mol. The predicted molar refractivity (Wildman–Crippen MR) is 65.6 cm³/mol. The van der Waals surface area contributed by atoms with Crippen LogP contribution in [0.5, 0.6) is 0 Å². The Kier molecular flexibility index (Phi) is 8.26. The molecule has 0 aromatic rings. The van der Waals surface area contributed by atoms with E-state index in [1.807, 2.05) is 0 Å². The van der Waals surface area contributed by atoms with Crippen molar-refractivity contribution in [3.63, 3.8) is 0 Å². The average molecular weight is 199 g/mol. The van der Waals surface area contributed by atoms with Gasteiger partial charge in [-0.3, -0.25) is 0 Å². The average Bonchev–Trinajstić information content (AvgIpc) is 2.17. The molecule has 3 unspecified atom stereocenters. The van der Waals surface area contributed by atoms with Crippen molar-refractivity contribution < 1.29 is 0 Å². The standard InChI is InChI=1S/C13H29N/c1-6-11(3)10-12(4)8-9-14-13(5)7-2/h11-14H,6-10H2,1-5H3. The van der Waals surface area contributed by atoms with E-state index in [2.05, 4.69) is 39.9 Å². The lowest BCUT2D eigenvalue weighted by molar-refractivity contribution is 0.372. The van der Waals surface area contributed by atoms with Gasteiger partial charge in [0.15, 0.2) is 0 Å². The summed E-state index contributed by atoms with van der Waals surface area (Å²) in [6.45, 7) is 12.7. The van der Waals surface area contributed by atoms with Crippen molar-refractivity contribution in [2.75, 3.05) is 6.54 Å². The van der Waals surface area contributed by atoms with Crippen molar-refractivity contribution in [2.24, 2.45) is 11.8 Å². The zero-order valence-electron chi connectivity index (χ0n) is 10.8. The lowest BCUT2D eigenvalue weighted by Gasteiger charge is -2.17. The maximum absolute atomic E-state index is 3.55. The van der Waals surface area contributed by atoms with Gasteiger partial charge in [-0.15, -0.1) is 0 Å². The number of hydrogen-bond donors (Lipinski definition) is 1. The predicted octanol–water partition coefficient (Wildman–Crippen LogP) is 3.84. The van der Waals surface area contributed by atoms with Gasteiger partial charge >= 0.3 is 0 Å².